The topological polar surface area (TPSA) is 9.72 Å². The van der Waals surface area contributed by atoms with Crippen LogP contribution in [-0.2, 0) is 0 Å². The molecule has 0 saturated carbocycles. The highest BCUT2D eigenvalue weighted by atomic mass is 32.2. The van der Waals surface area contributed by atoms with Crippen molar-refractivity contribution in [1.29, 1.82) is 0 Å². The third-order valence-electron chi connectivity index (χ3n) is 11.5. The molecule has 9 aromatic rings. The van der Waals surface area contributed by atoms with Crippen molar-refractivity contribution in [3.8, 4) is 0 Å². The summed E-state index contributed by atoms with van der Waals surface area (Å²) in [5.74, 6) is 0. The molecule has 0 atom stereocenters. The van der Waals surface area contributed by atoms with E-state index in [2.05, 4.69) is 209 Å². The maximum absolute atomic E-state index is 2.54. The molecule has 5 heteroatoms. The second-order valence-corrected chi connectivity index (χ2v) is 15.6. The van der Waals surface area contributed by atoms with E-state index in [1.54, 1.807) is 0 Å². The van der Waals surface area contributed by atoms with Gasteiger partial charge in [-0.2, -0.15) is 0 Å². The first-order valence-corrected chi connectivity index (χ1v) is 19.7. The van der Waals surface area contributed by atoms with E-state index in [4.69, 9.17) is 0 Å². The van der Waals surface area contributed by atoms with Crippen LogP contribution in [0.1, 0.15) is 0 Å². The first kappa shape index (κ1) is 30.7. The van der Waals surface area contributed by atoms with Crippen LogP contribution in [0.15, 0.2) is 204 Å². The molecule has 0 N–H and O–H groups in total. The molecule has 0 unspecified atom stereocenters. The molecule has 0 aromatic heterocycles. The second kappa shape index (κ2) is 11.9. The summed E-state index contributed by atoms with van der Waals surface area (Å²) in [6.07, 6.45) is 0. The highest BCUT2D eigenvalue weighted by Gasteiger charge is 2.46. The predicted octanol–water partition coefficient (Wildman–Crippen LogP) is 12.0. The van der Waals surface area contributed by atoms with Crippen molar-refractivity contribution >= 4 is 108 Å². The molecule has 12 rings (SSSR count). The van der Waals surface area contributed by atoms with E-state index in [0.29, 0.717) is 0 Å². The van der Waals surface area contributed by atoms with Crippen LogP contribution in [0.5, 0.6) is 0 Å². The molecule has 3 nitrogen and oxygen atoms in total. The summed E-state index contributed by atoms with van der Waals surface area (Å²) in [7, 11) is 0. The normalized spacial score (nSPS) is 13.6. The number of hydrogen-bond acceptors (Lipinski definition) is 4. The first-order chi connectivity index (χ1) is 27.3. The smallest absolute Gasteiger partial charge is 0.252 e. The largest absolute Gasteiger partial charge is 0.311 e. The lowest BCUT2D eigenvalue weighted by Gasteiger charge is -2.47. The van der Waals surface area contributed by atoms with Gasteiger partial charge in [0.15, 0.2) is 0 Å². The fourth-order valence-electron chi connectivity index (χ4n) is 9.27. The minimum Gasteiger partial charge on any atom is -0.311 e. The van der Waals surface area contributed by atoms with Crippen molar-refractivity contribution in [3.05, 3.63) is 194 Å². The molecule has 0 radical (unpaired) electrons. The number of nitrogens with zero attached hydrogens (tertiary/aromatic N) is 3. The molecule has 0 spiro atoms. The highest BCUT2D eigenvalue weighted by molar-refractivity contribution is 8.00. The summed E-state index contributed by atoms with van der Waals surface area (Å²) >= 11 is 1.90. The molecule has 3 aliphatic heterocycles. The third-order valence-corrected chi connectivity index (χ3v) is 12.7. The minimum absolute atomic E-state index is 0.0535. The average molecular weight is 718 g/mol. The molecule has 0 saturated heterocycles. The Morgan fingerprint density at radius 1 is 0.364 bits per heavy atom. The zero-order chi connectivity index (χ0) is 36.0. The van der Waals surface area contributed by atoms with E-state index in [1.807, 2.05) is 11.8 Å². The van der Waals surface area contributed by atoms with Crippen LogP contribution in [0.25, 0.3) is 21.5 Å². The number of para-hydroxylation sites is 5. The van der Waals surface area contributed by atoms with E-state index in [1.165, 1.54) is 87.5 Å². The van der Waals surface area contributed by atoms with E-state index in [-0.39, 0.29) is 6.71 Å². The molecule has 0 amide bonds. The molecule has 0 aliphatic carbocycles. The third kappa shape index (κ3) is 4.48. The Kier molecular flexibility index (Phi) is 6.66. The van der Waals surface area contributed by atoms with Gasteiger partial charge in [0, 0.05) is 38.7 Å². The number of rotatable bonds is 3. The van der Waals surface area contributed by atoms with Crippen LogP contribution < -0.4 is 31.1 Å². The van der Waals surface area contributed by atoms with E-state index in [9.17, 15) is 0 Å². The molecular formula is C50H32BN3S. The van der Waals surface area contributed by atoms with Crippen molar-refractivity contribution in [2.45, 2.75) is 9.79 Å². The Balaban J connectivity index is 1.24. The molecule has 3 aliphatic rings. The maximum atomic E-state index is 2.54. The van der Waals surface area contributed by atoms with Gasteiger partial charge in [0.1, 0.15) is 0 Å². The van der Waals surface area contributed by atoms with Crippen LogP contribution in [0.2, 0.25) is 0 Å². The zero-order valence-corrected chi connectivity index (χ0v) is 30.6. The van der Waals surface area contributed by atoms with Crippen LogP contribution in [-0.4, -0.2) is 6.71 Å². The van der Waals surface area contributed by atoms with Crippen molar-refractivity contribution < 1.29 is 0 Å². The Bertz CT molecular complexity index is 2990. The molecule has 3 heterocycles. The SMILES string of the molecule is c1ccc(N2c3ccccc3B3c4ccccc4N(c4ccccc4)c4c5c(cc2c43)N(c2cccc3cc4ccccc4cc23)c2ccccc2S5)cc1. The number of fused-ring (bicyclic) bond motifs is 9. The van der Waals surface area contributed by atoms with Crippen LogP contribution >= 0.6 is 11.8 Å². The lowest BCUT2D eigenvalue weighted by atomic mass is 9.33. The summed E-state index contributed by atoms with van der Waals surface area (Å²) in [6.45, 7) is 0.0535. The summed E-state index contributed by atoms with van der Waals surface area (Å²) in [4.78, 5) is 10.1. The second-order valence-electron chi connectivity index (χ2n) is 14.5. The molecule has 256 valence electrons. The molecule has 55 heavy (non-hydrogen) atoms. The number of hydrogen-bond donors (Lipinski definition) is 0. The number of anilines is 9. The Morgan fingerprint density at radius 3 is 1.64 bits per heavy atom. The minimum atomic E-state index is 0.0535. The van der Waals surface area contributed by atoms with Gasteiger partial charge in [0.05, 0.1) is 27.6 Å². The van der Waals surface area contributed by atoms with Crippen molar-refractivity contribution in [2.75, 3.05) is 14.7 Å². The van der Waals surface area contributed by atoms with Crippen molar-refractivity contribution in [2.24, 2.45) is 0 Å². The van der Waals surface area contributed by atoms with E-state index in [0.717, 1.165) is 11.4 Å². The summed E-state index contributed by atoms with van der Waals surface area (Å²) < 4.78 is 0. The van der Waals surface area contributed by atoms with E-state index < -0.39 is 0 Å². The van der Waals surface area contributed by atoms with Gasteiger partial charge in [0.25, 0.3) is 6.71 Å². The Hall–Kier alpha value is -6.69. The van der Waals surface area contributed by atoms with Crippen LogP contribution in [0.4, 0.5) is 51.2 Å². The van der Waals surface area contributed by atoms with Crippen molar-refractivity contribution in [1.82, 2.24) is 0 Å². The van der Waals surface area contributed by atoms with Gasteiger partial charge in [-0.25, -0.2) is 0 Å². The monoisotopic (exact) mass is 717 g/mol. The highest BCUT2D eigenvalue weighted by Crippen LogP contribution is 2.59. The van der Waals surface area contributed by atoms with Gasteiger partial charge in [-0.3, -0.25) is 0 Å². The van der Waals surface area contributed by atoms with Crippen LogP contribution in [0, 0.1) is 0 Å². The van der Waals surface area contributed by atoms with Gasteiger partial charge in [-0.15, -0.1) is 0 Å². The summed E-state index contributed by atoms with van der Waals surface area (Å²) in [6, 6.07) is 71.5. The summed E-state index contributed by atoms with van der Waals surface area (Å²) in [5, 5.41) is 4.95. The fourth-order valence-corrected chi connectivity index (χ4v) is 10.5. The van der Waals surface area contributed by atoms with Crippen LogP contribution in [0.3, 0.4) is 0 Å². The zero-order valence-electron chi connectivity index (χ0n) is 29.8. The van der Waals surface area contributed by atoms with Gasteiger partial charge in [-0.05, 0) is 105 Å². The predicted molar refractivity (Wildman–Crippen MR) is 234 cm³/mol. The fraction of sp³-hybridized carbons (Fsp3) is 0. The standard InChI is InChI=1S/C50H32BN3S/c1-3-19-36(20-4-1)52-42-25-11-9-23-39(42)51-40-24-10-12-26-43(40)53(37-21-5-2-6-22-37)49-48(51)45(52)32-46-50(49)55-47-29-14-13-27-44(47)54(46)41-28-15-18-35-30-33-16-7-8-17-34(33)31-38(35)41/h1-32H. The molecule has 0 fully saturated rings. The van der Waals surface area contributed by atoms with Gasteiger partial charge < -0.3 is 14.7 Å². The maximum Gasteiger partial charge on any atom is 0.252 e. The van der Waals surface area contributed by atoms with Gasteiger partial charge in [-0.1, -0.05) is 133 Å². The average Bonchev–Trinajstić information content (AvgIpc) is 3.25. The van der Waals surface area contributed by atoms with Gasteiger partial charge >= 0.3 is 0 Å². The van der Waals surface area contributed by atoms with Gasteiger partial charge in [0.2, 0.25) is 0 Å². The molecule has 9 aromatic carbocycles. The van der Waals surface area contributed by atoms with Crippen molar-refractivity contribution in [3.63, 3.8) is 0 Å². The Morgan fingerprint density at radius 2 is 0.909 bits per heavy atom. The quantitative estimate of drug-likeness (QED) is 0.133. The first-order valence-electron chi connectivity index (χ1n) is 18.9. The summed E-state index contributed by atoms with van der Waals surface area (Å²) in [5.41, 5.74) is 14.7. The molecular weight excluding hydrogens is 685 g/mol. The number of benzene rings is 9. The lowest BCUT2D eigenvalue weighted by molar-refractivity contribution is 1.14. The molecule has 0 bridgehead atoms. The van der Waals surface area contributed by atoms with E-state index >= 15 is 0 Å². The Labute approximate surface area is 324 Å². The lowest BCUT2D eigenvalue weighted by Crippen LogP contribution is -2.61.